The number of anilines is 1. The van der Waals surface area contributed by atoms with E-state index in [0.29, 0.717) is 16.7 Å². The molecule has 3 aromatic heterocycles. The van der Waals surface area contributed by atoms with E-state index in [-0.39, 0.29) is 5.56 Å². The number of hydrogen-bond acceptors (Lipinski definition) is 5. The van der Waals surface area contributed by atoms with Crippen LogP contribution in [0.5, 0.6) is 0 Å². The third-order valence-electron chi connectivity index (χ3n) is 4.32. The number of nitrogens with zero attached hydrogens (tertiary/aromatic N) is 3. The van der Waals surface area contributed by atoms with Gasteiger partial charge >= 0.3 is 0 Å². The second kappa shape index (κ2) is 6.62. The molecule has 0 bridgehead atoms. The largest absolute Gasteiger partial charge is 0.385 e. The van der Waals surface area contributed by atoms with Gasteiger partial charge in [0.2, 0.25) is 0 Å². The van der Waals surface area contributed by atoms with E-state index in [1.807, 2.05) is 37.4 Å². The second-order valence-corrected chi connectivity index (χ2v) is 6.90. The zero-order valence-corrected chi connectivity index (χ0v) is 15.0. The average molecular weight is 360 g/mol. The van der Waals surface area contributed by atoms with Crippen molar-refractivity contribution in [1.29, 1.82) is 5.26 Å². The molecule has 0 saturated heterocycles. The van der Waals surface area contributed by atoms with Crippen molar-refractivity contribution in [1.82, 2.24) is 9.55 Å². The van der Waals surface area contributed by atoms with Crippen molar-refractivity contribution in [2.45, 2.75) is 13.3 Å². The highest BCUT2D eigenvalue weighted by Crippen LogP contribution is 2.35. The molecule has 128 valence electrons. The van der Waals surface area contributed by atoms with Crippen LogP contribution in [0, 0.1) is 11.3 Å². The van der Waals surface area contributed by atoms with Gasteiger partial charge in [0.05, 0.1) is 11.6 Å². The number of rotatable bonds is 3. The number of allylic oxidation sites excluding steroid dienone is 6. The van der Waals surface area contributed by atoms with Crippen LogP contribution in [-0.4, -0.2) is 16.1 Å². The van der Waals surface area contributed by atoms with Crippen LogP contribution in [0.1, 0.15) is 13.3 Å². The van der Waals surface area contributed by atoms with Gasteiger partial charge in [0.25, 0.3) is 5.56 Å². The van der Waals surface area contributed by atoms with Gasteiger partial charge in [-0.15, -0.1) is 11.3 Å². The van der Waals surface area contributed by atoms with E-state index >= 15 is 0 Å². The maximum absolute atomic E-state index is 13.1. The second-order valence-electron chi connectivity index (χ2n) is 5.90. The van der Waals surface area contributed by atoms with Gasteiger partial charge in [-0.3, -0.25) is 9.36 Å². The molecule has 3 aromatic rings. The van der Waals surface area contributed by atoms with E-state index in [1.54, 1.807) is 22.9 Å². The van der Waals surface area contributed by atoms with E-state index in [4.69, 9.17) is 5.26 Å². The maximum atomic E-state index is 13.1. The van der Waals surface area contributed by atoms with Crippen LogP contribution in [0.4, 0.5) is 5.69 Å². The van der Waals surface area contributed by atoms with Crippen LogP contribution in [0.3, 0.4) is 0 Å². The van der Waals surface area contributed by atoms with Crippen molar-refractivity contribution in [3.8, 4) is 6.07 Å². The van der Waals surface area contributed by atoms with Crippen molar-refractivity contribution < 1.29 is 0 Å². The molecule has 0 unspecified atom stereocenters. The Morgan fingerprint density at radius 1 is 1.38 bits per heavy atom. The average Bonchev–Trinajstić information content (AvgIpc) is 2.88. The minimum Gasteiger partial charge on any atom is -0.385 e. The molecule has 26 heavy (non-hydrogen) atoms. The first-order chi connectivity index (χ1) is 12.7. The summed E-state index contributed by atoms with van der Waals surface area (Å²) in [6.45, 7) is 2.85. The lowest BCUT2D eigenvalue weighted by atomic mass is 10.2. The minimum atomic E-state index is -0.0543. The zero-order valence-electron chi connectivity index (χ0n) is 14.2. The maximum Gasteiger partial charge on any atom is 0.272 e. The smallest absolute Gasteiger partial charge is 0.272 e. The van der Waals surface area contributed by atoms with Gasteiger partial charge in [0.15, 0.2) is 0 Å². The summed E-state index contributed by atoms with van der Waals surface area (Å²) in [5.74, 6) is 0. The molecule has 0 atom stereocenters. The van der Waals surface area contributed by atoms with Crippen molar-refractivity contribution >= 4 is 43.0 Å². The number of thiophene rings is 1. The lowest BCUT2D eigenvalue weighted by Gasteiger charge is -2.08. The molecule has 0 radical (unpaired) electrons. The third-order valence-corrected chi connectivity index (χ3v) is 5.42. The molecule has 0 aromatic carbocycles. The van der Waals surface area contributed by atoms with E-state index < -0.39 is 0 Å². The van der Waals surface area contributed by atoms with Gasteiger partial charge in [-0.1, -0.05) is 6.08 Å². The Bertz CT molecular complexity index is 1200. The van der Waals surface area contributed by atoms with Crippen LogP contribution in [-0.2, 0) is 0 Å². The SMILES string of the molecule is CCNc1ccnc2sc3c(=O)n(C4=CC=C(C#N)C=CC4)ccc3c12. The van der Waals surface area contributed by atoms with Crippen molar-refractivity contribution in [2.24, 2.45) is 0 Å². The molecule has 5 nitrogen and oxygen atoms in total. The fraction of sp³-hybridized carbons (Fsp3) is 0.150. The Morgan fingerprint density at radius 3 is 3.08 bits per heavy atom. The highest BCUT2D eigenvalue weighted by molar-refractivity contribution is 7.25. The Labute approximate surface area is 154 Å². The Kier molecular flexibility index (Phi) is 4.15. The minimum absolute atomic E-state index is 0.0543. The summed E-state index contributed by atoms with van der Waals surface area (Å²) in [4.78, 5) is 18.4. The van der Waals surface area contributed by atoms with Gasteiger partial charge < -0.3 is 5.32 Å². The molecular weight excluding hydrogens is 344 g/mol. The summed E-state index contributed by atoms with van der Waals surface area (Å²) in [6, 6.07) is 6.04. The number of fused-ring (bicyclic) bond motifs is 3. The van der Waals surface area contributed by atoms with Crippen molar-refractivity contribution in [3.05, 3.63) is 64.8 Å². The van der Waals surface area contributed by atoms with E-state index in [0.717, 1.165) is 33.5 Å². The molecule has 0 fully saturated rings. The first-order valence-corrected chi connectivity index (χ1v) is 9.19. The first-order valence-electron chi connectivity index (χ1n) is 8.37. The third kappa shape index (κ3) is 2.63. The Hall–Kier alpha value is -3.17. The fourth-order valence-electron chi connectivity index (χ4n) is 3.12. The molecule has 4 rings (SSSR count). The molecule has 0 spiro atoms. The molecule has 1 aliphatic rings. The van der Waals surface area contributed by atoms with Crippen LogP contribution in [0.15, 0.2) is 59.2 Å². The normalized spacial score (nSPS) is 14.0. The molecule has 1 aliphatic carbocycles. The standard InChI is InChI=1S/C20H16N4OS/c1-2-22-16-8-10-23-19-17(16)15-9-11-24(20(25)18(15)26-19)14-5-3-4-13(12-21)6-7-14/h3-4,6-11H,2,5H2,1H3,(H,22,23). The number of hydrogen-bond donors (Lipinski definition) is 1. The molecule has 0 amide bonds. The molecule has 0 aliphatic heterocycles. The molecule has 0 saturated carbocycles. The van der Waals surface area contributed by atoms with Gasteiger partial charge in [0.1, 0.15) is 9.53 Å². The summed E-state index contributed by atoms with van der Waals surface area (Å²) in [7, 11) is 0. The quantitative estimate of drug-likeness (QED) is 0.756. The summed E-state index contributed by atoms with van der Waals surface area (Å²) in [5.41, 5.74) is 2.37. The van der Waals surface area contributed by atoms with E-state index in [2.05, 4.69) is 16.4 Å². The van der Waals surface area contributed by atoms with Gasteiger partial charge in [-0.05, 0) is 37.3 Å². The number of nitriles is 1. The predicted octanol–water partition coefficient (Wildman–Crippen LogP) is 4.29. The topological polar surface area (TPSA) is 70.7 Å². The molecule has 1 N–H and O–H groups in total. The highest BCUT2D eigenvalue weighted by atomic mass is 32.1. The number of pyridine rings is 2. The summed E-state index contributed by atoms with van der Waals surface area (Å²) in [6.07, 6.45) is 11.4. The van der Waals surface area contributed by atoms with Gasteiger partial charge in [0, 0.05) is 47.5 Å². The summed E-state index contributed by atoms with van der Waals surface area (Å²) >= 11 is 1.42. The van der Waals surface area contributed by atoms with Crippen LogP contribution >= 0.6 is 11.3 Å². The van der Waals surface area contributed by atoms with Crippen molar-refractivity contribution in [2.75, 3.05) is 11.9 Å². The van der Waals surface area contributed by atoms with Crippen LogP contribution in [0.25, 0.3) is 26.0 Å². The lowest BCUT2D eigenvalue weighted by molar-refractivity contribution is 1.00. The molecule has 3 heterocycles. The van der Waals surface area contributed by atoms with Crippen LogP contribution in [0.2, 0.25) is 0 Å². The monoisotopic (exact) mass is 360 g/mol. The van der Waals surface area contributed by atoms with E-state index in [9.17, 15) is 4.79 Å². The Balaban J connectivity index is 1.93. The van der Waals surface area contributed by atoms with Crippen molar-refractivity contribution in [3.63, 3.8) is 0 Å². The highest BCUT2D eigenvalue weighted by Gasteiger charge is 2.15. The van der Waals surface area contributed by atoms with Gasteiger partial charge in [-0.25, -0.2) is 4.98 Å². The number of nitrogens with one attached hydrogen (secondary N) is 1. The van der Waals surface area contributed by atoms with Crippen LogP contribution < -0.4 is 10.9 Å². The number of aromatic nitrogens is 2. The first kappa shape index (κ1) is 16.3. The lowest BCUT2D eigenvalue weighted by Crippen LogP contribution is -2.17. The van der Waals surface area contributed by atoms with E-state index in [1.165, 1.54) is 11.3 Å². The Morgan fingerprint density at radius 2 is 2.27 bits per heavy atom. The summed E-state index contributed by atoms with van der Waals surface area (Å²) in [5, 5.41) is 14.3. The molecule has 6 heteroatoms. The van der Waals surface area contributed by atoms with Gasteiger partial charge in [-0.2, -0.15) is 5.26 Å². The predicted molar refractivity (Wildman–Crippen MR) is 107 cm³/mol. The fourth-order valence-corrected chi connectivity index (χ4v) is 4.22. The molecular formula is C20H16N4OS. The zero-order chi connectivity index (χ0) is 18.1. The summed E-state index contributed by atoms with van der Waals surface area (Å²) < 4.78 is 2.35.